The third-order valence-corrected chi connectivity index (χ3v) is 7.68. The summed E-state index contributed by atoms with van der Waals surface area (Å²) in [4.78, 5) is 16.9. The lowest BCUT2D eigenvalue weighted by Gasteiger charge is -2.18. The van der Waals surface area contributed by atoms with Crippen molar-refractivity contribution in [1.82, 2.24) is 4.98 Å². The lowest BCUT2D eigenvalue weighted by Crippen LogP contribution is -2.15. The highest BCUT2D eigenvalue weighted by Gasteiger charge is 2.19. The van der Waals surface area contributed by atoms with Gasteiger partial charge in [-0.2, -0.15) is 0 Å². The van der Waals surface area contributed by atoms with Crippen LogP contribution in [0.15, 0.2) is 91.0 Å². The molecule has 0 unspecified atom stereocenters. The Balaban J connectivity index is 1.29. The summed E-state index contributed by atoms with van der Waals surface area (Å²) in [5.74, 6) is 1.59. The Morgan fingerprint density at radius 2 is 1.54 bits per heavy atom. The van der Waals surface area contributed by atoms with Crippen molar-refractivity contribution < 1.29 is 28.8 Å². The van der Waals surface area contributed by atoms with Gasteiger partial charge in [-0.15, -0.1) is 11.3 Å². The first-order valence-electron chi connectivity index (χ1n) is 13.2. The molecule has 0 atom stereocenters. The van der Waals surface area contributed by atoms with Gasteiger partial charge in [0.15, 0.2) is 18.1 Å². The summed E-state index contributed by atoms with van der Waals surface area (Å²) in [5.41, 5.74) is 5.96. The molecular formula is C33H27NO6S. The first-order valence-corrected chi connectivity index (χ1v) is 14.0. The quantitative estimate of drug-likeness (QED) is 0.201. The van der Waals surface area contributed by atoms with E-state index in [2.05, 4.69) is 36.4 Å². The van der Waals surface area contributed by atoms with Gasteiger partial charge in [0.2, 0.25) is 0 Å². The van der Waals surface area contributed by atoms with Crippen LogP contribution < -0.4 is 18.9 Å². The highest BCUT2D eigenvalue weighted by Crippen LogP contribution is 2.41. The average molecular weight is 566 g/mol. The molecule has 0 saturated carbocycles. The van der Waals surface area contributed by atoms with E-state index in [1.165, 1.54) is 5.56 Å². The van der Waals surface area contributed by atoms with E-state index in [-0.39, 0.29) is 6.61 Å². The minimum atomic E-state index is -1.02. The van der Waals surface area contributed by atoms with Crippen LogP contribution in [0.2, 0.25) is 0 Å². The summed E-state index contributed by atoms with van der Waals surface area (Å²) < 4.78 is 23.0. The fourth-order valence-electron chi connectivity index (χ4n) is 4.61. The van der Waals surface area contributed by atoms with Gasteiger partial charge in [0.25, 0.3) is 0 Å². The van der Waals surface area contributed by atoms with Crippen LogP contribution in [-0.2, 0) is 11.4 Å². The average Bonchev–Trinajstić information content (AvgIpc) is 3.44. The van der Waals surface area contributed by atoms with Crippen molar-refractivity contribution in [3.05, 3.63) is 102 Å². The highest BCUT2D eigenvalue weighted by atomic mass is 32.1. The van der Waals surface area contributed by atoms with E-state index in [1.54, 1.807) is 23.5 Å². The number of thiazole rings is 1. The molecule has 0 saturated heterocycles. The maximum Gasteiger partial charge on any atom is 0.341 e. The predicted octanol–water partition coefficient (Wildman–Crippen LogP) is 7.27. The van der Waals surface area contributed by atoms with Crippen molar-refractivity contribution in [2.24, 2.45) is 0 Å². The van der Waals surface area contributed by atoms with E-state index < -0.39 is 12.6 Å². The molecule has 206 valence electrons. The van der Waals surface area contributed by atoms with Gasteiger partial charge in [0, 0.05) is 5.56 Å². The van der Waals surface area contributed by atoms with Crippen molar-refractivity contribution in [2.75, 3.05) is 19.8 Å². The molecule has 41 heavy (non-hydrogen) atoms. The zero-order valence-electron chi connectivity index (χ0n) is 22.3. The molecule has 7 nitrogen and oxygen atoms in total. The Labute approximate surface area is 241 Å². The smallest absolute Gasteiger partial charge is 0.341 e. The Kier molecular flexibility index (Phi) is 7.56. The van der Waals surface area contributed by atoms with Gasteiger partial charge in [-0.1, -0.05) is 54.6 Å². The first-order chi connectivity index (χ1) is 20.0. The van der Waals surface area contributed by atoms with Crippen molar-refractivity contribution in [2.45, 2.75) is 13.5 Å². The van der Waals surface area contributed by atoms with Gasteiger partial charge in [0.1, 0.15) is 36.3 Å². The second kappa shape index (κ2) is 11.7. The number of fused-ring (bicyclic) bond motifs is 1. The molecule has 5 aromatic rings. The van der Waals surface area contributed by atoms with Crippen molar-refractivity contribution in [3.63, 3.8) is 0 Å². The Morgan fingerprint density at radius 3 is 2.29 bits per heavy atom. The van der Waals surface area contributed by atoms with Crippen LogP contribution in [0.3, 0.4) is 0 Å². The molecule has 1 aliphatic heterocycles. The highest BCUT2D eigenvalue weighted by molar-refractivity contribution is 7.15. The molecule has 1 N–H and O–H groups in total. The van der Waals surface area contributed by atoms with Gasteiger partial charge in [-0.25, -0.2) is 9.78 Å². The van der Waals surface area contributed by atoms with Crippen LogP contribution in [-0.4, -0.2) is 35.9 Å². The van der Waals surface area contributed by atoms with E-state index in [0.29, 0.717) is 30.5 Å². The summed E-state index contributed by atoms with van der Waals surface area (Å²) in [7, 11) is 0. The SMILES string of the molecule is Cc1cc(OCc2nc(-c3ccc4c(c3)OCCO4)c(-c3ccc(-c4ccccc4)cc3)s2)ccc1OCC(=O)O. The molecule has 8 heteroatoms. The number of nitrogens with zero attached hydrogens (tertiary/aromatic N) is 1. The summed E-state index contributed by atoms with van der Waals surface area (Å²) >= 11 is 1.59. The van der Waals surface area contributed by atoms with Crippen molar-refractivity contribution >= 4 is 17.3 Å². The molecule has 1 aromatic heterocycles. The Bertz CT molecular complexity index is 1680. The third-order valence-electron chi connectivity index (χ3n) is 6.60. The molecule has 0 amide bonds. The first kappa shape index (κ1) is 26.4. The Morgan fingerprint density at radius 1 is 0.829 bits per heavy atom. The fourth-order valence-corrected chi connectivity index (χ4v) is 5.62. The number of carboxylic acid groups (broad SMARTS) is 1. The van der Waals surface area contributed by atoms with Crippen molar-refractivity contribution in [3.8, 4) is 55.8 Å². The van der Waals surface area contributed by atoms with Crippen LogP contribution in [0.1, 0.15) is 10.6 Å². The molecule has 0 aliphatic carbocycles. The third kappa shape index (κ3) is 6.02. The van der Waals surface area contributed by atoms with Gasteiger partial charge in [0.05, 0.1) is 10.6 Å². The number of carbonyl (C=O) groups is 1. The van der Waals surface area contributed by atoms with Crippen LogP contribution in [0.5, 0.6) is 23.0 Å². The number of aliphatic carboxylic acids is 1. The van der Waals surface area contributed by atoms with Crippen LogP contribution in [0, 0.1) is 6.92 Å². The van der Waals surface area contributed by atoms with Gasteiger partial charge < -0.3 is 24.1 Å². The van der Waals surface area contributed by atoms with Crippen LogP contribution in [0.25, 0.3) is 32.8 Å². The van der Waals surface area contributed by atoms with E-state index >= 15 is 0 Å². The molecular weight excluding hydrogens is 538 g/mol. The summed E-state index contributed by atoms with van der Waals surface area (Å²) in [6.45, 7) is 2.79. The second-order valence-electron chi connectivity index (χ2n) is 9.49. The predicted molar refractivity (Wildman–Crippen MR) is 158 cm³/mol. The zero-order chi connectivity index (χ0) is 28.2. The normalized spacial score (nSPS) is 12.1. The number of rotatable bonds is 9. The molecule has 0 fully saturated rings. The molecule has 2 heterocycles. The minimum absolute atomic E-state index is 0.277. The monoisotopic (exact) mass is 565 g/mol. The largest absolute Gasteiger partial charge is 0.486 e. The summed E-state index contributed by atoms with van der Waals surface area (Å²) in [5, 5.41) is 9.70. The molecule has 0 radical (unpaired) electrons. The molecule has 4 aromatic carbocycles. The molecule has 0 spiro atoms. The van der Waals surface area contributed by atoms with E-state index in [4.69, 9.17) is 29.0 Å². The number of hydrogen-bond acceptors (Lipinski definition) is 7. The second-order valence-corrected chi connectivity index (χ2v) is 10.6. The fraction of sp³-hybridized carbons (Fsp3) is 0.152. The summed E-state index contributed by atoms with van der Waals surface area (Å²) in [6.07, 6.45) is 0. The van der Waals surface area contributed by atoms with E-state index in [9.17, 15) is 4.79 Å². The zero-order valence-corrected chi connectivity index (χ0v) is 23.1. The number of aryl methyl sites for hydroxylation is 1. The van der Waals surface area contributed by atoms with Gasteiger partial charge in [-0.05, 0) is 65.6 Å². The van der Waals surface area contributed by atoms with Gasteiger partial charge in [-0.3, -0.25) is 0 Å². The number of aromatic nitrogens is 1. The summed E-state index contributed by atoms with van der Waals surface area (Å²) in [6, 6.07) is 30.0. The maximum atomic E-state index is 10.8. The number of ether oxygens (including phenoxy) is 4. The Hall–Kier alpha value is -4.82. The van der Waals surface area contributed by atoms with Gasteiger partial charge >= 0.3 is 5.97 Å². The molecule has 1 aliphatic rings. The maximum absolute atomic E-state index is 10.8. The number of carboxylic acids is 1. The minimum Gasteiger partial charge on any atom is -0.486 e. The molecule has 0 bridgehead atoms. The van der Waals surface area contributed by atoms with Crippen LogP contribution >= 0.6 is 11.3 Å². The number of benzene rings is 4. The van der Waals surface area contributed by atoms with E-state index in [0.717, 1.165) is 43.6 Å². The number of hydrogen-bond donors (Lipinski definition) is 1. The van der Waals surface area contributed by atoms with E-state index in [1.807, 2.05) is 49.4 Å². The lowest BCUT2D eigenvalue weighted by molar-refractivity contribution is -0.139. The van der Waals surface area contributed by atoms with Crippen molar-refractivity contribution in [1.29, 1.82) is 0 Å². The van der Waals surface area contributed by atoms with Crippen LogP contribution in [0.4, 0.5) is 0 Å². The lowest BCUT2D eigenvalue weighted by atomic mass is 10.0. The standard InChI is InChI=1S/C33H27NO6S/c1-21-17-26(12-14-27(21)40-20-31(35)36)39-19-30-34-32(25-11-13-28-29(18-25)38-16-15-37-28)33(41-30)24-9-7-23(8-10-24)22-5-3-2-4-6-22/h2-14,17-18H,15-16,19-20H2,1H3,(H,35,36). The molecule has 6 rings (SSSR count). The topological polar surface area (TPSA) is 87.1 Å².